The molecule has 1 fully saturated rings. The van der Waals surface area contributed by atoms with Crippen molar-refractivity contribution < 1.29 is 24.5 Å². The third-order valence-corrected chi connectivity index (χ3v) is 15.5. The normalized spacial score (nSPS) is 13.3. The van der Waals surface area contributed by atoms with E-state index in [0.29, 0.717) is 11.6 Å². The monoisotopic (exact) mass is 1070 g/mol. The second kappa shape index (κ2) is 19.3. The molecule has 1 aliphatic carbocycles. The van der Waals surface area contributed by atoms with Crippen LogP contribution in [0.3, 0.4) is 0 Å². The number of rotatable bonds is 8. The van der Waals surface area contributed by atoms with Crippen molar-refractivity contribution in [2.75, 3.05) is 0 Å². The van der Waals surface area contributed by atoms with E-state index in [1.54, 1.807) is 0 Å². The van der Waals surface area contributed by atoms with Gasteiger partial charge >= 0.3 is 0 Å². The summed E-state index contributed by atoms with van der Waals surface area (Å²) < 4.78 is 8.75. The minimum atomic E-state index is -1.38. The molecule has 11 rings (SSSR count). The van der Waals surface area contributed by atoms with E-state index in [0.717, 1.165) is 90.3 Å². The molecule has 1 aliphatic rings. The van der Waals surface area contributed by atoms with E-state index >= 15 is 0 Å². The fraction of sp³-hybridized carbons (Fsp3) is 0.250. The third kappa shape index (κ3) is 9.22. The zero-order valence-electron chi connectivity index (χ0n) is 39.7. The van der Waals surface area contributed by atoms with Crippen molar-refractivity contribution in [2.24, 2.45) is 5.92 Å². The van der Waals surface area contributed by atoms with Gasteiger partial charge in [-0.15, -0.1) is 53.6 Å². The molecule has 0 unspecified atom stereocenters. The number of para-hydroxylation sites is 1. The molecule has 1 saturated carbocycles. The SMILES string of the molecule is CC(C)Cc1cc(-c2[c-]ccc(C3CCCCC3)c2)ncc1[Si](C)(C)C.Cc1cc2c(nc1C)oc1c(-c3nc4ccc5ccccc5c4n3-c3ccccc3-c3ccccc3)[c-]ccc12.[Ir]. The zero-order chi connectivity index (χ0) is 45.5. The van der Waals surface area contributed by atoms with Crippen LogP contribution < -0.4 is 5.19 Å². The van der Waals surface area contributed by atoms with Gasteiger partial charge in [-0.05, 0) is 90.5 Å². The van der Waals surface area contributed by atoms with Crippen molar-refractivity contribution >= 4 is 57.1 Å². The number of nitrogens with zero attached hydrogens (tertiary/aromatic N) is 4. The minimum Gasteiger partial charge on any atom is -0.486 e. The second-order valence-electron chi connectivity index (χ2n) is 19.7. The van der Waals surface area contributed by atoms with Crippen LogP contribution in [-0.4, -0.2) is 27.6 Å². The van der Waals surface area contributed by atoms with E-state index in [1.165, 1.54) is 59.4 Å². The number of furan rings is 1. The molecule has 7 heteroatoms. The molecule has 0 amide bonds. The van der Waals surface area contributed by atoms with Crippen molar-refractivity contribution in [3.05, 3.63) is 174 Å². The van der Waals surface area contributed by atoms with Crippen molar-refractivity contribution in [3.8, 4) is 39.5 Å². The quantitative estimate of drug-likeness (QED) is 0.112. The first-order valence-corrected chi connectivity index (χ1v) is 27.3. The number of fused-ring (bicyclic) bond motifs is 6. The third-order valence-electron chi connectivity index (χ3n) is 13.5. The van der Waals surface area contributed by atoms with E-state index in [-0.39, 0.29) is 20.1 Å². The van der Waals surface area contributed by atoms with Gasteiger partial charge in [0.2, 0.25) is 5.71 Å². The van der Waals surface area contributed by atoms with Gasteiger partial charge in [0.05, 0.1) is 30.5 Å². The summed E-state index contributed by atoms with van der Waals surface area (Å²) in [7, 11) is -1.38. The second-order valence-corrected chi connectivity index (χ2v) is 24.7. The summed E-state index contributed by atoms with van der Waals surface area (Å²) >= 11 is 0. The summed E-state index contributed by atoms with van der Waals surface area (Å²) in [5, 5.41) is 5.84. The van der Waals surface area contributed by atoms with Crippen molar-refractivity contribution in [1.29, 1.82) is 0 Å². The van der Waals surface area contributed by atoms with Crippen LogP contribution >= 0.6 is 0 Å². The van der Waals surface area contributed by atoms with Gasteiger partial charge in [-0.3, -0.25) is 4.98 Å². The summed E-state index contributed by atoms with van der Waals surface area (Å²) in [5.74, 6) is 2.18. The van der Waals surface area contributed by atoms with Crippen molar-refractivity contribution in [2.45, 2.75) is 91.8 Å². The Morgan fingerprint density at radius 2 is 1.49 bits per heavy atom. The fourth-order valence-corrected chi connectivity index (χ4v) is 11.6. The number of hydrogen-bond donors (Lipinski definition) is 0. The Bertz CT molecular complexity index is 3370. The number of aromatic nitrogens is 4. The molecule has 4 heterocycles. The van der Waals surface area contributed by atoms with Crippen LogP contribution in [-0.2, 0) is 26.5 Å². The van der Waals surface area contributed by atoms with E-state index in [9.17, 15) is 0 Å². The summed E-state index contributed by atoms with van der Waals surface area (Å²) in [6.07, 6.45) is 10.1. The predicted molar refractivity (Wildman–Crippen MR) is 279 cm³/mol. The number of pyridine rings is 2. The van der Waals surface area contributed by atoms with Gasteiger partial charge < -0.3 is 14.0 Å². The minimum absolute atomic E-state index is 0. The zero-order valence-corrected chi connectivity index (χ0v) is 43.1. The van der Waals surface area contributed by atoms with Gasteiger partial charge in [0.15, 0.2) is 0 Å². The molecule has 6 aromatic carbocycles. The largest absolute Gasteiger partial charge is 0.486 e. The van der Waals surface area contributed by atoms with Crippen LogP contribution in [0, 0.1) is 31.9 Å². The maximum absolute atomic E-state index is 6.47. The maximum Gasteiger partial charge on any atom is 0.216 e. The van der Waals surface area contributed by atoms with E-state index in [4.69, 9.17) is 19.4 Å². The summed E-state index contributed by atoms with van der Waals surface area (Å²) in [4.78, 5) is 14.9. The van der Waals surface area contributed by atoms with Crippen LogP contribution in [0.4, 0.5) is 0 Å². The summed E-state index contributed by atoms with van der Waals surface area (Å²) in [5.41, 5.74) is 14.8. The molecule has 0 bridgehead atoms. The van der Waals surface area contributed by atoms with Crippen LogP contribution in [0.2, 0.25) is 19.6 Å². The molecule has 0 aliphatic heterocycles. The molecular weight excluding hydrogens is 1010 g/mol. The van der Waals surface area contributed by atoms with Gasteiger partial charge in [-0.25, -0.2) is 4.98 Å². The Kier molecular flexibility index (Phi) is 13.3. The average Bonchev–Trinajstić information content (AvgIpc) is 3.90. The molecule has 5 nitrogen and oxygen atoms in total. The Labute approximate surface area is 410 Å². The molecule has 1 radical (unpaired) electrons. The Hall–Kier alpha value is -5.98. The number of hydrogen-bond acceptors (Lipinski definition) is 4. The Morgan fingerprint density at radius 3 is 2.28 bits per heavy atom. The maximum atomic E-state index is 6.47. The van der Waals surface area contributed by atoms with Gasteiger partial charge in [-0.2, -0.15) is 0 Å². The van der Waals surface area contributed by atoms with Crippen LogP contribution in [0.15, 0.2) is 144 Å². The predicted octanol–water partition coefficient (Wildman–Crippen LogP) is 15.6. The fourth-order valence-electron chi connectivity index (χ4n) is 10.0. The van der Waals surface area contributed by atoms with Crippen molar-refractivity contribution in [3.63, 3.8) is 0 Å². The molecule has 0 saturated heterocycles. The van der Waals surface area contributed by atoms with E-state index in [1.807, 2.05) is 19.1 Å². The van der Waals surface area contributed by atoms with Crippen LogP contribution in [0.25, 0.3) is 83.3 Å². The molecule has 4 aromatic heterocycles. The molecule has 0 spiro atoms. The first-order valence-electron chi connectivity index (χ1n) is 23.8. The van der Waals surface area contributed by atoms with Crippen molar-refractivity contribution in [1.82, 2.24) is 19.5 Å². The number of benzene rings is 6. The summed E-state index contributed by atoms with van der Waals surface area (Å²) in [6, 6.07) is 54.0. The number of imidazole rings is 1. The summed E-state index contributed by atoms with van der Waals surface area (Å²) in [6.45, 7) is 16.0. The molecular formula is C60H58IrN4OSi-2. The van der Waals surface area contributed by atoms with Gasteiger partial charge in [-0.1, -0.05) is 154 Å². The Balaban J connectivity index is 0.000000182. The molecule has 339 valence electrons. The van der Waals surface area contributed by atoms with Gasteiger partial charge in [0, 0.05) is 54.0 Å². The van der Waals surface area contributed by atoms with Crippen LogP contribution in [0.1, 0.15) is 74.3 Å². The van der Waals surface area contributed by atoms with Crippen LogP contribution in [0.5, 0.6) is 0 Å². The molecule has 0 N–H and O–H groups in total. The Morgan fingerprint density at radius 1 is 0.746 bits per heavy atom. The first kappa shape index (κ1) is 46.1. The smallest absolute Gasteiger partial charge is 0.216 e. The topological polar surface area (TPSA) is 56.7 Å². The van der Waals surface area contributed by atoms with Gasteiger partial charge in [0.1, 0.15) is 0 Å². The van der Waals surface area contributed by atoms with E-state index < -0.39 is 8.07 Å². The average molecular weight is 1070 g/mol. The molecule has 0 atom stereocenters. The van der Waals surface area contributed by atoms with E-state index in [2.05, 4.69) is 185 Å². The molecule has 10 aromatic rings. The standard InChI is InChI=1S/C36H24N3O.C24H34NSi.Ir/c1-22-21-30-28-16-10-17-29(34(28)40-36(30)37-23(22)2)35-38-31-20-19-25-13-6-7-15-27(25)33(31)39(35)32-18-9-8-14-26(32)24-11-4-3-5-12-24;1-18(2)14-22-16-23(25-17-24(22)26(3,4)5)21-13-9-12-20(15-21)19-10-7-6-8-11-19;/h3-16,18-21H,1-2H3;9,12,15-19H,6-8,10-11,14H2,1-5H3;/q2*-1;. The number of aryl methyl sites for hydroxylation is 2. The first-order chi connectivity index (χ1) is 32.0. The molecule has 67 heavy (non-hydrogen) atoms. The van der Waals surface area contributed by atoms with Gasteiger partial charge in [0.25, 0.3) is 0 Å².